The molecule has 1 unspecified atom stereocenters. The highest BCUT2D eigenvalue weighted by atomic mass is 32.2. The Morgan fingerprint density at radius 1 is 1.30 bits per heavy atom. The van der Waals surface area contributed by atoms with Crippen molar-refractivity contribution in [3.63, 3.8) is 0 Å². The molecule has 2 aromatic rings. The molecule has 0 saturated carbocycles. The zero-order valence-corrected chi connectivity index (χ0v) is 18.4. The zero-order valence-electron chi connectivity index (χ0n) is 16.8. The van der Waals surface area contributed by atoms with Crippen LogP contribution in [0.25, 0.3) is 0 Å². The molecule has 0 bridgehead atoms. The Balaban J connectivity index is 1.72. The lowest BCUT2D eigenvalue weighted by molar-refractivity contribution is -0.115. The molecule has 1 atom stereocenters. The number of rotatable bonds is 7. The van der Waals surface area contributed by atoms with E-state index in [2.05, 4.69) is 10.3 Å². The minimum atomic E-state index is -3.65. The van der Waals surface area contributed by atoms with E-state index in [1.807, 2.05) is 6.92 Å². The van der Waals surface area contributed by atoms with Crippen LogP contribution in [0.15, 0.2) is 51.4 Å². The number of aryl methyl sites for hydroxylation is 1. The van der Waals surface area contributed by atoms with Crippen LogP contribution in [0, 0.1) is 0 Å². The van der Waals surface area contributed by atoms with Gasteiger partial charge in [0.25, 0.3) is 5.56 Å². The summed E-state index contributed by atoms with van der Waals surface area (Å²) in [6, 6.07) is 7.55. The highest BCUT2D eigenvalue weighted by Crippen LogP contribution is 2.24. The highest BCUT2D eigenvalue weighted by molar-refractivity contribution is 8.00. The summed E-state index contributed by atoms with van der Waals surface area (Å²) < 4.78 is 34.0. The van der Waals surface area contributed by atoms with E-state index in [1.165, 1.54) is 34.3 Å². The first-order chi connectivity index (χ1) is 14.3. The molecule has 11 heteroatoms. The van der Waals surface area contributed by atoms with Gasteiger partial charge in [-0.25, -0.2) is 8.42 Å². The molecule has 1 aromatic heterocycles. The van der Waals surface area contributed by atoms with Crippen LogP contribution < -0.4 is 10.9 Å². The van der Waals surface area contributed by atoms with E-state index in [-0.39, 0.29) is 16.4 Å². The van der Waals surface area contributed by atoms with Gasteiger partial charge >= 0.3 is 0 Å². The molecular weight excluding hydrogens is 428 g/mol. The standard InChI is InChI=1S/C19H24N4O5S2/c1-3-22-8-7-17(24)21-19(22)29-14(2)18(25)20-15-5-4-6-16(13-15)30(26,27)23-9-11-28-12-10-23/h4-8,13-14H,3,9-12H2,1-2H3,(H,20,25). The quantitative estimate of drug-likeness (QED) is 0.499. The van der Waals surface area contributed by atoms with Gasteiger partial charge < -0.3 is 14.6 Å². The van der Waals surface area contributed by atoms with Crippen LogP contribution in [0.2, 0.25) is 0 Å². The Kier molecular flexibility index (Phi) is 7.29. The molecule has 1 N–H and O–H groups in total. The fourth-order valence-electron chi connectivity index (χ4n) is 2.87. The minimum Gasteiger partial charge on any atom is -0.379 e. The van der Waals surface area contributed by atoms with Gasteiger partial charge in [0.05, 0.1) is 23.4 Å². The van der Waals surface area contributed by atoms with Crippen LogP contribution in [0.3, 0.4) is 0 Å². The van der Waals surface area contributed by atoms with Crippen molar-refractivity contribution in [2.45, 2.75) is 35.7 Å². The molecule has 1 aliphatic heterocycles. The molecule has 162 valence electrons. The summed E-state index contributed by atoms with van der Waals surface area (Å²) in [5.41, 5.74) is 0.0199. The summed E-state index contributed by atoms with van der Waals surface area (Å²) in [7, 11) is -3.65. The average Bonchev–Trinajstić information content (AvgIpc) is 2.74. The van der Waals surface area contributed by atoms with Crippen molar-refractivity contribution in [1.29, 1.82) is 0 Å². The lowest BCUT2D eigenvalue weighted by Crippen LogP contribution is -2.40. The van der Waals surface area contributed by atoms with Crippen LogP contribution in [0.1, 0.15) is 13.8 Å². The summed E-state index contributed by atoms with van der Waals surface area (Å²) in [4.78, 5) is 28.3. The first kappa shape index (κ1) is 22.5. The Hall–Kier alpha value is -2.21. The third kappa shape index (κ3) is 5.28. The molecule has 0 spiro atoms. The third-order valence-electron chi connectivity index (χ3n) is 4.55. The van der Waals surface area contributed by atoms with Crippen LogP contribution in [0.5, 0.6) is 0 Å². The summed E-state index contributed by atoms with van der Waals surface area (Å²) >= 11 is 1.17. The van der Waals surface area contributed by atoms with Crippen molar-refractivity contribution in [3.8, 4) is 0 Å². The fourth-order valence-corrected chi connectivity index (χ4v) is 5.28. The Labute approximate surface area is 179 Å². The topological polar surface area (TPSA) is 111 Å². The molecular formula is C19H24N4O5S2. The van der Waals surface area contributed by atoms with Gasteiger partial charge in [0.2, 0.25) is 15.9 Å². The van der Waals surface area contributed by atoms with Gasteiger partial charge in [-0.05, 0) is 32.0 Å². The van der Waals surface area contributed by atoms with Crippen molar-refractivity contribution >= 4 is 33.4 Å². The van der Waals surface area contributed by atoms with Crippen molar-refractivity contribution in [1.82, 2.24) is 13.9 Å². The van der Waals surface area contributed by atoms with E-state index >= 15 is 0 Å². The summed E-state index contributed by atoms with van der Waals surface area (Å²) in [6.07, 6.45) is 1.64. The van der Waals surface area contributed by atoms with Crippen LogP contribution in [0.4, 0.5) is 5.69 Å². The van der Waals surface area contributed by atoms with E-state index in [9.17, 15) is 18.0 Å². The number of carbonyl (C=O) groups excluding carboxylic acids is 1. The van der Waals surface area contributed by atoms with Gasteiger partial charge in [0.1, 0.15) is 0 Å². The molecule has 9 nitrogen and oxygen atoms in total. The fraction of sp³-hybridized carbons (Fsp3) is 0.421. The molecule has 0 radical (unpaired) electrons. The molecule has 1 aliphatic rings. The number of thioether (sulfide) groups is 1. The average molecular weight is 453 g/mol. The van der Waals surface area contributed by atoms with E-state index in [1.54, 1.807) is 29.8 Å². The number of anilines is 1. The minimum absolute atomic E-state index is 0.118. The van der Waals surface area contributed by atoms with Gasteiger partial charge in [0.15, 0.2) is 5.16 Å². The number of aromatic nitrogens is 2. The lowest BCUT2D eigenvalue weighted by Gasteiger charge is -2.26. The normalized spacial score (nSPS) is 16.2. The summed E-state index contributed by atoms with van der Waals surface area (Å²) in [5, 5.41) is 2.66. The predicted octanol–water partition coefficient (Wildman–Crippen LogP) is 1.40. The second-order valence-electron chi connectivity index (χ2n) is 6.63. The van der Waals surface area contributed by atoms with Gasteiger partial charge in [-0.3, -0.25) is 9.59 Å². The highest BCUT2D eigenvalue weighted by Gasteiger charge is 2.26. The molecule has 3 rings (SSSR count). The molecule has 1 saturated heterocycles. The van der Waals surface area contributed by atoms with Crippen molar-refractivity contribution in [2.75, 3.05) is 31.6 Å². The second kappa shape index (κ2) is 9.73. The molecule has 2 heterocycles. The van der Waals surface area contributed by atoms with Crippen LogP contribution in [-0.2, 0) is 26.1 Å². The molecule has 1 aromatic carbocycles. The number of amides is 1. The second-order valence-corrected chi connectivity index (χ2v) is 9.87. The smallest absolute Gasteiger partial charge is 0.273 e. The molecule has 1 fully saturated rings. The number of benzene rings is 1. The number of hydrogen-bond acceptors (Lipinski definition) is 7. The Morgan fingerprint density at radius 2 is 2.03 bits per heavy atom. The van der Waals surface area contributed by atoms with E-state index in [4.69, 9.17) is 4.74 Å². The number of ether oxygens (including phenoxy) is 1. The lowest BCUT2D eigenvalue weighted by atomic mass is 10.3. The van der Waals surface area contributed by atoms with Gasteiger partial charge in [0, 0.05) is 37.6 Å². The summed E-state index contributed by atoms with van der Waals surface area (Å²) in [6.45, 7) is 5.56. The number of sulfonamides is 1. The number of nitrogens with one attached hydrogen (secondary N) is 1. The Morgan fingerprint density at radius 3 is 2.73 bits per heavy atom. The number of carbonyl (C=O) groups is 1. The third-order valence-corrected chi connectivity index (χ3v) is 7.55. The molecule has 30 heavy (non-hydrogen) atoms. The number of hydrogen-bond donors (Lipinski definition) is 1. The van der Waals surface area contributed by atoms with Gasteiger partial charge in [-0.2, -0.15) is 9.29 Å². The predicted molar refractivity (Wildman–Crippen MR) is 114 cm³/mol. The molecule has 1 amide bonds. The first-order valence-corrected chi connectivity index (χ1v) is 11.9. The van der Waals surface area contributed by atoms with Crippen molar-refractivity contribution in [3.05, 3.63) is 46.9 Å². The maximum Gasteiger partial charge on any atom is 0.273 e. The van der Waals surface area contributed by atoms with E-state index in [0.717, 1.165) is 0 Å². The van der Waals surface area contributed by atoms with E-state index < -0.39 is 15.3 Å². The largest absolute Gasteiger partial charge is 0.379 e. The maximum atomic E-state index is 12.8. The van der Waals surface area contributed by atoms with Crippen LogP contribution >= 0.6 is 11.8 Å². The Bertz CT molecular complexity index is 1060. The van der Waals surface area contributed by atoms with Crippen LogP contribution in [-0.4, -0.2) is 59.7 Å². The maximum absolute atomic E-state index is 12.8. The zero-order chi connectivity index (χ0) is 21.7. The van der Waals surface area contributed by atoms with Gasteiger partial charge in [-0.15, -0.1) is 0 Å². The van der Waals surface area contributed by atoms with Crippen molar-refractivity contribution < 1.29 is 17.9 Å². The molecule has 0 aliphatic carbocycles. The summed E-state index contributed by atoms with van der Waals surface area (Å²) in [5.74, 6) is -0.318. The number of nitrogens with zero attached hydrogens (tertiary/aromatic N) is 3. The van der Waals surface area contributed by atoms with Crippen molar-refractivity contribution in [2.24, 2.45) is 0 Å². The monoisotopic (exact) mass is 452 g/mol. The van der Waals surface area contributed by atoms with E-state index in [0.29, 0.717) is 43.7 Å². The first-order valence-electron chi connectivity index (χ1n) is 9.54. The number of morpholine rings is 1. The van der Waals surface area contributed by atoms with Gasteiger partial charge in [-0.1, -0.05) is 17.8 Å². The SMILES string of the molecule is CCn1ccc(=O)nc1SC(C)C(=O)Nc1cccc(S(=O)(=O)N2CCOCC2)c1.